The van der Waals surface area contributed by atoms with Crippen LogP contribution in [0.1, 0.15) is 5.56 Å². The molecule has 0 saturated carbocycles. The van der Waals surface area contributed by atoms with Gasteiger partial charge in [0.25, 0.3) is 0 Å². The molecular weight excluding hydrogens is 304 g/mol. The Hall–Kier alpha value is -1.78. The molecule has 6 heteroatoms. The van der Waals surface area contributed by atoms with E-state index in [1.165, 1.54) is 36.4 Å². The van der Waals surface area contributed by atoms with Crippen molar-refractivity contribution in [1.29, 1.82) is 0 Å². The molecule has 2 aromatic carbocycles. The average molecular weight is 314 g/mol. The topological polar surface area (TPSA) is 49.3 Å². The molecule has 0 aliphatic carbocycles. The summed E-state index contributed by atoms with van der Waals surface area (Å²) in [5.74, 6) is -1.13. The van der Waals surface area contributed by atoms with Crippen LogP contribution in [-0.2, 0) is 11.2 Å². The maximum atomic E-state index is 13.5. The molecule has 2 N–H and O–H groups in total. The Labute approximate surface area is 124 Å². The first-order valence-corrected chi connectivity index (χ1v) is 6.44. The lowest BCUT2D eigenvalue weighted by atomic mass is 10.1. The fraction of sp³-hybridized carbons (Fsp3) is 0.0714. The minimum atomic E-state index is -0.536. The van der Waals surface area contributed by atoms with E-state index in [9.17, 15) is 14.3 Å². The van der Waals surface area contributed by atoms with Crippen LogP contribution in [0, 0.1) is 5.82 Å². The van der Waals surface area contributed by atoms with E-state index in [2.05, 4.69) is 5.32 Å². The Kier molecular flexibility index (Phi) is 4.47. The third kappa shape index (κ3) is 3.40. The van der Waals surface area contributed by atoms with Crippen molar-refractivity contribution in [1.82, 2.24) is 0 Å². The second-order valence-electron chi connectivity index (χ2n) is 4.09. The number of anilines is 1. The van der Waals surface area contributed by atoms with Gasteiger partial charge in [-0.2, -0.15) is 0 Å². The maximum Gasteiger partial charge on any atom is 0.228 e. The molecule has 0 bridgehead atoms. The van der Waals surface area contributed by atoms with E-state index in [-0.39, 0.29) is 27.8 Å². The van der Waals surface area contributed by atoms with Crippen molar-refractivity contribution in [2.75, 3.05) is 5.32 Å². The van der Waals surface area contributed by atoms with Crippen molar-refractivity contribution in [3.05, 3.63) is 57.8 Å². The summed E-state index contributed by atoms with van der Waals surface area (Å²) in [7, 11) is 0. The second-order valence-corrected chi connectivity index (χ2v) is 4.91. The standard InChI is InChI=1S/C14H10Cl2FNO2/c15-10-2-1-3-12(17)9(10)7-14(20)18-8-4-5-11(16)13(19)6-8/h1-6,19H,7H2,(H,18,20). The molecule has 1 amide bonds. The lowest BCUT2D eigenvalue weighted by Gasteiger charge is -2.08. The zero-order valence-electron chi connectivity index (χ0n) is 10.2. The fourth-order valence-corrected chi connectivity index (χ4v) is 2.00. The lowest BCUT2D eigenvalue weighted by Crippen LogP contribution is -2.15. The van der Waals surface area contributed by atoms with Crippen molar-refractivity contribution in [3.8, 4) is 5.75 Å². The molecule has 3 nitrogen and oxygen atoms in total. The van der Waals surface area contributed by atoms with Gasteiger partial charge in [0.05, 0.1) is 11.4 Å². The summed E-state index contributed by atoms with van der Waals surface area (Å²) in [6.45, 7) is 0. The molecule has 2 aromatic rings. The molecule has 0 fully saturated rings. The largest absolute Gasteiger partial charge is 0.506 e. The smallest absolute Gasteiger partial charge is 0.228 e. The highest BCUT2D eigenvalue weighted by Crippen LogP contribution is 2.26. The van der Waals surface area contributed by atoms with Crippen LogP contribution < -0.4 is 5.32 Å². The van der Waals surface area contributed by atoms with Crippen LogP contribution in [-0.4, -0.2) is 11.0 Å². The van der Waals surface area contributed by atoms with E-state index in [0.717, 1.165) is 0 Å². The zero-order chi connectivity index (χ0) is 14.7. The summed E-state index contributed by atoms with van der Waals surface area (Å²) in [5.41, 5.74) is 0.495. The zero-order valence-corrected chi connectivity index (χ0v) is 11.7. The van der Waals surface area contributed by atoms with Crippen molar-refractivity contribution in [2.24, 2.45) is 0 Å². The molecule has 0 heterocycles. The fourth-order valence-electron chi connectivity index (χ4n) is 1.66. The van der Waals surface area contributed by atoms with Crippen LogP contribution in [0.3, 0.4) is 0 Å². The summed E-state index contributed by atoms with van der Waals surface area (Å²) in [6.07, 6.45) is -0.200. The third-order valence-corrected chi connectivity index (χ3v) is 3.30. The van der Waals surface area contributed by atoms with Gasteiger partial charge in [0.2, 0.25) is 5.91 Å². The minimum absolute atomic E-state index is 0.129. The van der Waals surface area contributed by atoms with Gasteiger partial charge in [0.15, 0.2) is 0 Å². The summed E-state index contributed by atoms with van der Waals surface area (Å²) in [5, 5.41) is 12.3. The van der Waals surface area contributed by atoms with Gasteiger partial charge in [-0.15, -0.1) is 0 Å². The highest BCUT2D eigenvalue weighted by atomic mass is 35.5. The summed E-state index contributed by atoms with van der Waals surface area (Å²) < 4.78 is 13.5. The third-order valence-electron chi connectivity index (χ3n) is 2.63. The average Bonchev–Trinajstić information content (AvgIpc) is 2.38. The van der Waals surface area contributed by atoms with Crippen LogP contribution in [0.5, 0.6) is 5.75 Å². The summed E-state index contributed by atoms with van der Waals surface area (Å²) in [6, 6.07) is 8.51. The second kappa shape index (κ2) is 6.11. The van der Waals surface area contributed by atoms with Gasteiger partial charge < -0.3 is 10.4 Å². The number of carbonyl (C=O) groups excluding carboxylic acids is 1. The Morgan fingerprint density at radius 2 is 1.95 bits per heavy atom. The van der Waals surface area contributed by atoms with E-state index in [4.69, 9.17) is 23.2 Å². The first-order chi connectivity index (χ1) is 9.47. The number of phenolic OH excluding ortho intramolecular Hbond substituents is 1. The molecule has 0 saturated heterocycles. The van der Waals surface area contributed by atoms with Crippen molar-refractivity contribution in [2.45, 2.75) is 6.42 Å². The SMILES string of the molecule is O=C(Cc1c(F)cccc1Cl)Nc1ccc(Cl)c(O)c1. The highest BCUT2D eigenvalue weighted by Gasteiger charge is 2.12. The molecule has 104 valence electrons. The minimum Gasteiger partial charge on any atom is -0.506 e. The van der Waals surface area contributed by atoms with Crippen molar-refractivity contribution >= 4 is 34.8 Å². The van der Waals surface area contributed by atoms with Crippen LogP contribution in [0.2, 0.25) is 10.0 Å². The number of hydrogen-bond acceptors (Lipinski definition) is 2. The van der Waals surface area contributed by atoms with E-state index in [0.29, 0.717) is 5.69 Å². The number of rotatable bonds is 3. The number of halogens is 3. The molecule has 20 heavy (non-hydrogen) atoms. The van der Waals surface area contributed by atoms with E-state index in [1.807, 2.05) is 0 Å². The first-order valence-electron chi connectivity index (χ1n) is 5.68. The molecule has 0 atom stereocenters. The molecule has 0 aromatic heterocycles. The Bertz CT molecular complexity index is 641. The van der Waals surface area contributed by atoms with Crippen LogP contribution in [0.4, 0.5) is 10.1 Å². The first kappa shape index (κ1) is 14.6. The number of aromatic hydroxyl groups is 1. The molecule has 0 aliphatic rings. The van der Waals surface area contributed by atoms with Crippen LogP contribution in [0.15, 0.2) is 36.4 Å². The van der Waals surface area contributed by atoms with Gasteiger partial charge in [-0.1, -0.05) is 29.3 Å². The Balaban J connectivity index is 2.11. The molecular formula is C14H10Cl2FNO2. The lowest BCUT2D eigenvalue weighted by molar-refractivity contribution is -0.115. The maximum absolute atomic E-state index is 13.5. The molecule has 0 spiro atoms. The van der Waals surface area contributed by atoms with Gasteiger partial charge in [-0.3, -0.25) is 4.79 Å². The summed E-state index contributed by atoms with van der Waals surface area (Å²) >= 11 is 11.5. The predicted octanol–water partition coefficient (Wildman–Crippen LogP) is 4.02. The number of phenols is 1. The van der Waals surface area contributed by atoms with Gasteiger partial charge in [0, 0.05) is 22.3 Å². The van der Waals surface area contributed by atoms with Crippen molar-refractivity contribution in [3.63, 3.8) is 0 Å². The molecule has 0 radical (unpaired) electrons. The molecule has 0 unspecified atom stereocenters. The number of benzene rings is 2. The van der Waals surface area contributed by atoms with E-state index in [1.54, 1.807) is 0 Å². The van der Waals surface area contributed by atoms with Crippen LogP contribution >= 0.6 is 23.2 Å². The van der Waals surface area contributed by atoms with Gasteiger partial charge >= 0.3 is 0 Å². The molecule has 0 aliphatic heterocycles. The molecule has 2 rings (SSSR count). The Morgan fingerprint density at radius 1 is 1.20 bits per heavy atom. The monoisotopic (exact) mass is 313 g/mol. The quantitative estimate of drug-likeness (QED) is 0.899. The normalized spacial score (nSPS) is 10.3. The van der Waals surface area contributed by atoms with Gasteiger partial charge in [0.1, 0.15) is 11.6 Å². The van der Waals surface area contributed by atoms with E-state index >= 15 is 0 Å². The number of nitrogens with one attached hydrogen (secondary N) is 1. The van der Waals surface area contributed by atoms with E-state index < -0.39 is 11.7 Å². The number of amides is 1. The number of hydrogen-bond donors (Lipinski definition) is 2. The number of carbonyl (C=O) groups is 1. The Morgan fingerprint density at radius 3 is 2.60 bits per heavy atom. The van der Waals surface area contributed by atoms with Crippen molar-refractivity contribution < 1.29 is 14.3 Å². The predicted molar refractivity (Wildman–Crippen MR) is 76.9 cm³/mol. The highest BCUT2D eigenvalue weighted by molar-refractivity contribution is 6.32. The summed E-state index contributed by atoms with van der Waals surface area (Å²) in [4.78, 5) is 11.8. The van der Waals surface area contributed by atoms with Crippen LogP contribution in [0.25, 0.3) is 0 Å². The van der Waals surface area contributed by atoms with Gasteiger partial charge in [-0.05, 0) is 24.3 Å². The van der Waals surface area contributed by atoms with Gasteiger partial charge in [-0.25, -0.2) is 4.39 Å².